The smallest absolute Gasteiger partial charge is 0.148 e. The molecule has 2 aliphatic carbocycles. The molecule has 1 aromatic rings. The fraction of sp³-hybridized carbons (Fsp3) is 0.500. The van der Waals surface area contributed by atoms with E-state index in [0.717, 1.165) is 24.2 Å². The van der Waals surface area contributed by atoms with Crippen LogP contribution in [-0.2, 0) is 11.8 Å². The third kappa shape index (κ3) is 1.52. The first-order valence-corrected chi connectivity index (χ1v) is 8.94. The minimum Gasteiger partial charge on any atom is -0.508 e. The van der Waals surface area contributed by atoms with E-state index >= 15 is 0 Å². The van der Waals surface area contributed by atoms with Crippen molar-refractivity contribution in [2.24, 2.45) is 0 Å². The molecule has 1 aromatic carbocycles. The molecule has 0 radical (unpaired) electrons. The number of phenols is 1. The first-order valence-electron chi connectivity index (χ1n) is 8.94. The Morgan fingerprint density at radius 2 is 2.24 bits per heavy atom. The SMILES string of the molecule is C=CC[N@+]1(C)CC[C@@]23c4c5ccc(O)c4CC1C2(O)C=C[C@H](O)C3O5. The number of nitrogens with zero attached hydrogens (tertiary/aromatic N) is 1. The van der Waals surface area contributed by atoms with Crippen LogP contribution in [0.25, 0.3) is 0 Å². The summed E-state index contributed by atoms with van der Waals surface area (Å²) in [6.45, 7) is 5.52. The number of phenolic OH excluding ortho intramolecular Hbond substituents is 1. The number of hydrogen-bond acceptors (Lipinski definition) is 4. The Hall–Kier alpha value is -1.82. The molecule has 3 N–H and O–H groups in total. The maximum absolute atomic E-state index is 12.0. The summed E-state index contributed by atoms with van der Waals surface area (Å²) in [5.74, 6) is 0.947. The van der Waals surface area contributed by atoms with E-state index in [0.29, 0.717) is 23.1 Å². The summed E-state index contributed by atoms with van der Waals surface area (Å²) in [6.07, 6.45) is 5.36. The number of rotatable bonds is 2. The molecule has 0 aromatic heterocycles. The van der Waals surface area contributed by atoms with Crippen LogP contribution in [0, 0.1) is 0 Å². The molecule has 1 saturated heterocycles. The molecule has 3 unspecified atom stereocenters. The van der Waals surface area contributed by atoms with Gasteiger partial charge in [0.05, 0.1) is 25.6 Å². The number of benzene rings is 1. The monoisotopic (exact) mass is 342 g/mol. The number of aromatic hydroxyl groups is 1. The zero-order chi connectivity index (χ0) is 17.6. The molecule has 5 rings (SSSR count). The van der Waals surface area contributed by atoms with Crippen molar-refractivity contribution in [2.75, 3.05) is 20.1 Å². The Bertz CT molecular complexity index is 820. The molecule has 0 amide bonds. The molecule has 2 heterocycles. The molecule has 2 bridgehead atoms. The average molecular weight is 342 g/mol. The summed E-state index contributed by atoms with van der Waals surface area (Å²) < 4.78 is 6.80. The highest BCUT2D eigenvalue weighted by atomic mass is 16.5. The lowest BCUT2D eigenvalue weighted by molar-refractivity contribution is -0.942. The van der Waals surface area contributed by atoms with Crippen LogP contribution in [0.15, 0.2) is 36.9 Å². The molecule has 5 heteroatoms. The lowest BCUT2D eigenvalue weighted by atomic mass is 9.50. The lowest BCUT2D eigenvalue weighted by Gasteiger charge is -2.63. The van der Waals surface area contributed by atoms with Gasteiger partial charge >= 0.3 is 0 Å². The van der Waals surface area contributed by atoms with Crippen molar-refractivity contribution >= 4 is 0 Å². The summed E-state index contributed by atoms with van der Waals surface area (Å²) in [5, 5.41) is 33.1. The van der Waals surface area contributed by atoms with Crippen molar-refractivity contribution in [3.8, 4) is 11.5 Å². The van der Waals surface area contributed by atoms with Crippen LogP contribution in [0.5, 0.6) is 11.5 Å². The van der Waals surface area contributed by atoms with Gasteiger partial charge in [0, 0.05) is 24.0 Å². The summed E-state index contributed by atoms with van der Waals surface area (Å²) in [5.41, 5.74) is -0.0412. The number of quaternary nitrogens is 1. The predicted octanol–water partition coefficient (Wildman–Crippen LogP) is 1.01. The van der Waals surface area contributed by atoms with E-state index in [1.54, 1.807) is 24.3 Å². The van der Waals surface area contributed by atoms with Crippen LogP contribution in [0.2, 0.25) is 0 Å². The normalized spacial score (nSPS) is 45.6. The molecule has 0 saturated carbocycles. The highest BCUT2D eigenvalue weighted by Crippen LogP contribution is 2.64. The van der Waals surface area contributed by atoms with E-state index in [1.165, 1.54) is 0 Å². The van der Waals surface area contributed by atoms with Gasteiger partial charge in [-0.1, -0.05) is 12.7 Å². The third-order valence-corrected chi connectivity index (χ3v) is 7.23. The summed E-state index contributed by atoms with van der Waals surface area (Å²) in [7, 11) is 2.15. The summed E-state index contributed by atoms with van der Waals surface area (Å²) >= 11 is 0. The van der Waals surface area contributed by atoms with E-state index in [-0.39, 0.29) is 11.8 Å². The Labute approximate surface area is 147 Å². The van der Waals surface area contributed by atoms with Crippen molar-refractivity contribution < 1.29 is 24.5 Å². The van der Waals surface area contributed by atoms with Crippen molar-refractivity contribution in [2.45, 2.75) is 42.1 Å². The minimum absolute atomic E-state index is 0.124. The summed E-state index contributed by atoms with van der Waals surface area (Å²) in [6, 6.07) is 3.31. The molecule has 132 valence electrons. The van der Waals surface area contributed by atoms with Crippen LogP contribution in [-0.4, -0.2) is 63.8 Å². The van der Waals surface area contributed by atoms with Crippen molar-refractivity contribution in [1.29, 1.82) is 0 Å². The Kier molecular flexibility index (Phi) is 2.76. The van der Waals surface area contributed by atoms with Gasteiger partial charge in [0.1, 0.15) is 35.3 Å². The van der Waals surface area contributed by atoms with Gasteiger partial charge < -0.3 is 24.5 Å². The van der Waals surface area contributed by atoms with Crippen molar-refractivity contribution in [1.82, 2.24) is 0 Å². The van der Waals surface area contributed by atoms with E-state index in [9.17, 15) is 15.3 Å². The van der Waals surface area contributed by atoms with Gasteiger partial charge in [0.15, 0.2) is 0 Å². The number of aliphatic hydroxyl groups excluding tert-OH is 1. The summed E-state index contributed by atoms with van der Waals surface area (Å²) in [4.78, 5) is 0. The van der Waals surface area contributed by atoms with Gasteiger partial charge in [0.2, 0.25) is 0 Å². The molecule has 5 nitrogen and oxygen atoms in total. The zero-order valence-corrected chi connectivity index (χ0v) is 14.4. The molecule has 6 atom stereocenters. The van der Waals surface area contributed by atoms with E-state index in [2.05, 4.69) is 13.6 Å². The van der Waals surface area contributed by atoms with Crippen LogP contribution < -0.4 is 4.74 Å². The second-order valence-electron chi connectivity index (χ2n) is 8.27. The predicted molar refractivity (Wildman–Crippen MR) is 92.5 cm³/mol. The number of aliphatic hydroxyl groups is 2. The van der Waals surface area contributed by atoms with Gasteiger partial charge in [-0.05, 0) is 24.3 Å². The van der Waals surface area contributed by atoms with Gasteiger partial charge in [-0.3, -0.25) is 0 Å². The second kappa shape index (κ2) is 4.47. The van der Waals surface area contributed by atoms with E-state index in [1.807, 2.05) is 6.08 Å². The van der Waals surface area contributed by atoms with Crippen LogP contribution in [0.1, 0.15) is 17.5 Å². The van der Waals surface area contributed by atoms with E-state index < -0.39 is 23.2 Å². The van der Waals surface area contributed by atoms with Crippen LogP contribution in [0.4, 0.5) is 0 Å². The minimum atomic E-state index is -1.11. The Morgan fingerprint density at radius 1 is 1.44 bits per heavy atom. The molecular formula is C20H24NO4+. The lowest BCUT2D eigenvalue weighted by Crippen LogP contribution is -2.79. The molecular weight excluding hydrogens is 318 g/mol. The number of likely N-dealkylation sites (N-methyl/N-ethyl adjacent to an activating group) is 1. The van der Waals surface area contributed by atoms with Gasteiger partial charge in [-0.2, -0.15) is 0 Å². The average Bonchev–Trinajstić information content (AvgIpc) is 2.91. The van der Waals surface area contributed by atoms with Crippen molar-refractivity contribution in [3.05, 3.63) is 48.1 Å². The first kappa shape index (κ1) is 15.4. The fourth-order valence-electron chi connectivity index (χ4n) is 6.09. The number of hydrogen-bond donors (Lipinski definition) is 3. The largest absolute Gasteiger partial charge is 0.508 e. The number of piperidine rings is 1. The molecule has 4 aliphatic rings. The maximum atomic E-state index is 12.0. The number of ether oxygens (including phenoxy) is 1. The molecule has 2 aliphatic heterocycles. The van der Waals surface area contributed by atoms with Gasteiger partial charge in [0.25, 0.3) is 0 Å². The molecule has 1 spiro atoms. The highest BCUT2D eigenvalue weighted by molar-refractivity contribution is 5.62. The maximum Gasteiger partial charge on any atom is 0.148 e. The fourth-order valence-corrected chi connectivity index (χ4v) is 6.09. The first-order chi connectivity index (χ1) is 11.9. The third-order valence-electron chi connectivity index (χ3n) is 7.23. The van der Waals surface area contributed by atoms with Crippen LogP contribution >= 0.6 is 0 Å². The number of likely N-dealkylation sites (tertiary alicyclic amines) is 1. The van der Waals surface area contributed by atoms with Crippen molar-refractivity contribution in [3.63, 3.8) is 0 Å². The van der Waals surface area contributed by atoms with Crippen LogP contribution in [0.3, 0.4) is 0 Å². The molecule has 1 fully saturated rings. The standard InChI is InChI=1S/C20H23NO4/c1-3-9-21(2)10-8-19-17-12-11-16(21)20(19,24)7-6-14(23)18(19)25-15(17)5-4-13(12)22/h3-7,14,16,18,23-24H,1,8-11H2,2H3/p+1/t14-,16?,18?,19-,20?,21+/m0/s1. The van der Waals surface area contributed by atoms with Gasteiger partial charge in [-0.25, -0.2) is 0 Å². The molecule has 25 heavy (non-hydrogen) atoms. The quantitative estimate of drug-likeness (QED) is 0.554. The second-order valence-corrected chi connectivity index (χ2v) is 8.27. The topological polar surface area (TPSA) is 69.9 Å². The Morgan fingerprint density at radius 3 is 3.00 bits per heavy atom. The van der Waals surface area contributed by atoms with Gasteiger partial charge in [-0.15, -0.1) is 0 Å². The highest BCUT2D eigenvalue weighted by Gasteiger charge is 2.75. The van der Waals surface area contributed by atoms with E-state index in [4.69, 9.17) is 4.74 Å². The Balaban J connectivity index is 1.84. The zero-order valence-electron chi connectivity index (χ0n) is 14.4.